The second-order valence-electron chi connectivity index (χ2n) is 23.4. The van der Waals surface area contributed by atoms with Crippen LogP contribution < -0.4 is 25.4 Å². The summed E-state index contributed by atoms with van der Waals surface area (Å²) in [5.74, 6) is 2.30. The third kappa shape index (κ3) is 21.8. The standard InChI is InChI=1S/C37H45N3O3.C25H34N2O.C12H11NO2/c41-33(28-43-36-21-24-38-35-20-8-7-19-34(35)36)27-40-25-22-31(23-26-40)37(42)39-32(17-9-15-29-11-3-1-4-12-29)18-10-16-30-13-5-2-6-14-30;28-25(23-17-19-26-20-18-23)27-24(15-7-13-21-9-3-1-4-10-21)16-8-14-22-11-5-2-6-12-22;1-2-4-11-10(3-1)12(5-6-13-11)15-8-9-7-14-9/h1-8,11-14,19-21,24,31-33,41H,9-10,15-18,22-23,25-28H2,(H,39,42);1-6,9-12,23-24,26H,7-8,13-20H2,(H,27,28);1-6,9H,7-8H2/t33-;;9-/m1.1/s1. The van der Waals surface area contributed by atoms with Crippen molar-refractivity contribution in [2.45, 2.75) is 127 Å². The van der Waals surface area contributed by atoms with Crippen molar-refractivity contribution in [3.8, 4) is 11.5 Å². The smallest absolute Gasteiger partial charge is 0.223 e. The van der Waals surface area contributed by atoms with Gasteiger partial charge in [-0.25, -0.2) is 0 Å². The summed E-state index contributed by atoms with van der Waals surface area (Å²) in [6.45, 7) is 5.76. The molecule has 2 amide bonds. The topological polar surface area (TPSA) is 150 Å². The van der Waals surface area contributed by atoms with Gasteiger partial charge in [-0.2, -0.15) is 0 Å². The Morgan fingerprint density at radius 1 is 0.523 bits per heavy atom. The van der Waals surface area contributed by atoms with Crippen molar-refractivity contribution in [1.82, 2.24) is 30.8 Å². The quantitative estimate of drug-likeness (QED) is 0.0349. The molecule has 2 atom stereocenters. The van der Waals surface area contributed by atoms with Crippen LogP contribution in [-0.2, 0) is 40.0 Å². The lowest BCUT2D eigenvalue weighted by Crippen LogP contribution is -2.46. The molecule has 3 aliphatic rings. The molecule has 0 saturated carbocycles. The molecule has 86 heavy (non-hydrogen) atoms. The Kier molecular flexibility index (Phi) is 25.8. The molecule has 0 spiro atoms. The highest BCUT2D eigenvalue weighted by molar-refractivity contribution is 5.85. The second kappa shape index (κ2) is 35.2. The number of aliphatic hydroxyl groups excluding tert-OH is 1. The van der Waals surface area contributed by atoms with E-state index in [1.807, 2.05) is 60.7 Å². The van der Waals surface area contributed by atoms with Crippen molar-refractivity contribution in [2.75, 3.05) is 52.5 Å². The number of carbonyl (C=O) groups is 2. The van der Waals surface area contributed by atoms with Crippen LogP contribution in [-0.4, -0.2) is 109 Å². The van der Waals surface area contributed by atoms with Crippen molar-refractivity contribution < 1.29 is 28.9 Å². The average molecular weight is 1160 g/mol. The SMILES string of the molecule is O=C(NC(CCCc1ccccc1)CCCc1ccccc1)C1CCN(C[C@@H](O)COc2ccnc3ccccc23)CC1.O=C(NC(CCCc1ccccc1)CCCc1ccccc1)C1CCNCC1.c1ccc2c(OC[C@H]3CO3)ccnc2c1. The number of nitrogens with one attached hydrogen (secondary N) is 3. The summed E-state index contributed by atoms with van der Waals surface area (Å²) in [5.41, 5.74) is 7.32. The number of rotatable bonds is 28. The molecule has 0 unspecified atom stereocenters. The number of aryl methyl sites for hydroxylation is 4. The van der Waals surface area contributed by atoms with E-state index >= 15 is 0 Å². The van der Waals surface area contributed by atoms with Gasteiger partial charge in [0, 0.05) is 53.6 Å². The van der Waals surface area contributed by atoms with Gasteiger partial charge in [-0.05, 0) is 188 Å². The van der Waals surface area contributed by atoms with Crippen LogP contribution >= 0.6 is 0 Å². The predicted molar refractivity (Wildman–Crippen MR) is 346 cm³/mol. The molecule has 3 fully saturated rings. The molecule has 3 saturated heterocycles. The minimum absolute atomic E-state index is 0.0265. The third-order valence-corrected chi connectivity index (χ3v) is 16.7. The summed E-state index contributed by atoms with van der Waals surface area (Å²) >= 11 is 0. The number of pyridine rings is 2. The van der Waals surface area contributed by atoms with Crippen LogP contribution in [0.3, 0.4) is 0 Å². The number of hydrogen-bond donors (Lipinski definition) is 4. The number of ether oxygens (including phenoxy) is 3. The van der Waals surface area contributed by atoms with Gasteiger partial charge in [-0.3, -0.25) is 19.6 Å². The van der Waals surface area contributed by atoms with Crippen LogP contribution in [0.25, 0.3) is 21.8 Å². The van der Waals surface area contributed by atoms with Gasteiger partial charge in [-0.15, -0.1) is 0 Å². The van der Waals surface area contributed by atoms with E-state index < -0.39 is 6.10 Å². The Morgan fingerprint density at radius 2 is 0.907 bits per heavy atom. The summed E-state index contributed by atoms with van der Waals surface area (Å²) in [4.78, 5) is 37.0. The number of epoxide rings is 1. The number of amides is 2. The molecule has 5 heterocycles. The molecule has 6 aromatic carbocycles. The first kappa shape index (κ1) is 63.0. The zero-order valence-corrected chi connectivity index (χ0v) is 50.2. The fourth-order valence-electron chi connectivity index (χ4n) is 11.7. The van der Waals surface area contributed by atoms with E-state index in [4.69, 9.17) is 14.2 Å². The lowest BCUT2D eigenvalue weighted by molar-refractivity contribution is -0.127. The van der Waals surface area contributed by atoms with E-state index in [1.54, 1.807) is 12.4 Å². The van der Waals surface area contributed by atoms with Gasteiger partial charge in [0.05, 0.1) is 17.6 Å². The van der Waals surface area contributed by atoms with Crippen LogP contribution in [0.15, 0.2) is 194 Å². The summed E-state index contributed by atoms with van der Waals surface area (Å²) in [6.07, 6.45) is 19.4. The monoisotopic (exact) mass is 1160 g/mol. The number of aliphatic hydroxyl groups is 1. The van der Waals surface area contributed by atoms with E-state index in [-0.39, 0.29) is 48.4 Å². The number of fused-ring (bicyclic) bond motifs is 2. The number of hydrogen-bond acceptors (Lipinski definition) is 10. The minimum Gasteiger partial charge on any atom is -0.490 e. The van der Waals surface area contributed by atoms with Gasteiger partial charge in [0.2, 0.25) is 11.8 Å². The van der Waals surface area contributed by atoms with Crippen LogP contribution in [0.1, 0.15) is 99.3 Å². The second-order valence-corrected chi connectivity index (χ2v) is 23.4. The van der Waals surface area contributed by atoms with E-state index in [1.165, 1.54) is 22.3 Å². The fourth-order valence-corrected chi connectivity index (χ4v) is 11.7. The number of carbonyl (C=O) groups excluding carboxylic acids is 2. The minimum atomic E-state index is -0.601. The molecule has 0 aliphatic carbocycles. The van der Waals surface area contributed by atoms with Crippen LogP contribution in [0.4, 0.5) is 0 Å². The number of piperidine rings is 2. The highest BCUT2D eigenvalue weighted by Crippen LogP contribution is 2.27. The molecule has 12 nitrogen and oxygen atoms in total. The lowest BCUT2D eigenvalue weighted by Gasteiger charge is -2.33. The summed E-state index contributed by atoms with van der Waals surface area (Å²) in [7, 11) is 0. The van der Waals surface area contributed by atoms with Crippen molar-refractivity contribution >= 4 is 33.6 Å². The van der Waals surface area contributed by atoms with Gasteiger partial charge in [0.15, 0.2) is 0 Å². The van der Waals surface area contributed by atoms with Crippen molar-refractivity contribution in [3.05, 3.63) is 217 Å². The third-order valence-electron chi connectivity index (χ3n) is 16.7. The van der Waals surface area contributed by atoms with Gasteiger partial charge in [0.25, 0.3) is 0 Å². The number of benzene rings is 6. The van der Waals surface area contributed by atoms with E-state index in [9.17, 15) is 14.7 Å². The van der Waals surface area contributed by atoms with E-state index in [0.717, 1.165) is 169 Å². The average Bonchev–Trinajstić information content (AvgIpc) is 4.53. The number of aromatic nitrogens is 2. The van der Waals surface area contributed by atoms with Crippen LogP contribution in [0, 0.1) is 11.8 Å². The van der Waals surface area contributed by atoms with E-state index in [2.05, 4.69) is 152 Å². The predicted octanol–water partition coefficient (Wildman–Crippen LogP) is 12.7. The zero-order chi connectivity index (χ0) is 59.2. The first-order valence-electron chi connectivity index (χ1n) is 31.8. The molecular weight excluding hydrogens is 1070 g/mol. The summed E-state index contributed by atoms with van der Waals surface area (Å²) in [5, 5.41) is 22.9. The Morgan fingerprint density at radius 3 is 1.33 bits per heavy atom. The van der Waals surface area contributed by atoms with Gasteiger partial charge < -0.3 is 40.2 Å². The van der Waals surface area contributed by atoms with Gasteiger partial charge >= 0.3 is 0 Å². The number of para-hydroxylation sites is 2. The number of likely N-dealkylation sites (tertiary alicyclic amines) is 1. The lowest BCUT2D eigenvalue weighted by atomic mass is 9.94. The molecule has 8 aromatic rings. The molecule has 0 bridgehead atoms. The normalized spacial score (nSPS) is 15.7. The zero-order valence-electron chi connectivity index (χ0n) is 50.2. The Balaban J connectivity index is 0.000000174. The van der Waals surface area contributed by atoms with Gasteiger partial charge in [-0.1, -0.05) is 146 Å². The maximum absolute atomic E-state index is 13.4. The highest BCUT2D eigenvalue weighted by Gasteiger charge is 2.28. The van der Waals surface area contributed by atoms with Crippen molar-refractivity contribution in [2.24, 2.45) is 11.8 Å². The maximum Gasteiger partial charge on any atom is 0.223 e. The number of nitrogens with zero attached hydrogens (tertiary/aromatic N) is 3. The Bertz CT molecular complexity index is 3090. The summed E-state index contributed by atoms with van der Waals surface area (Å²) < 4.78 is 16.7. The first-order chi connectivity index (χ1) is 42.4. The molecule has 3 aliphatic heterocycles. The van der Waals surface area contributed by atoms with E-state index in [0.29, 0.717) is 13.2 Å². The Hall–Kier alpha value is -7.48. The van der Waals surface area contributed by atoms with Crippen molar-refractivity contribution in [1.29, 1.82) is 0 Å². The molecule has 12 heteroatoms. The fraction of sp³-hybridized carbons (Fsp3) is 0.405. The maximum atomic E-state index is 13.4. The Labute approximate surface area is 510 Å². The van der Waals surface area contributed by atoms with Gasteiger partial charge in [0.1, 0.15) is 36.9 Å². The van der Waals surface area contributed by atoms with Crippen molar-refractivity contribution in [3.63, 3.8) is 0 Å². The largest absolute Gasteiger partial charge is 0.490 e. The molecule has 0 radical (unpaired) electrons. The highest BCUT2D eigenvalue weighted by atomic mass is 16.6. The molecule has 452 valence electrons. The first-order valence-corrected chi connectivity index (χ1v) is 31.8. The molecule has 2 aromatic heterocycles. The molecular formula is C74H90N6O6. The molecule has 11 rings (SSSR count). The molecule has 4 N–H and O–H groups in total. The van der Waals surface area contributed by atoms with Crippen LogP contribution in [0.5, 0.6) is 11.5 Å². The van der Waals surface area contributed by atoms with Crippen LogP contribution in [0.2, 0.25) is 0 Å². The number of β-amino-alcohol motifs (C(OH)–C–C–N with tert-alkyl or cyclic N) is 1. The summed E-state index contributed by atoms with van der Waals surface area (Å²) in [6, 6.07) is 62.6.